The van der Waals surface area contributed by atoms with Crippen LogP contribution in [0.5, 0.6) is 0 Å². The number of hydrogen-bond donors (Lipinski definition) is 2. The number of nitrogen functional groups attached to an aromatic ring is 1. The van der Waals surface area contributed by atoms with Crippen LogP contribution in [-0.4, -0.2) is 67.4 Å². The molecule has 2 saturated heterocycles. The Kier molecular flexibility index (Phi) is 4.63. The fourth-order valence-electron chi connectivity index (χ4n) is 3.11. The van der Waals surface area contributed by atoms with Crippen LogP contribution in [0.25, 0.3) is 0 Å². The Morgan fingerprint density at radius 2 is 2.05 bits per heavy atom. The summed E-state index contributed by atoms with van der Waals surface area (Å²) >= 11 is 0. The maximum atomic E-state index is 6.00. The minimum Gasteiger partial charge on any atom is -0.383 e. The van der Waals surface area contributed by atoms with Crippen molar-refractivity contribution in [3.8, 4) is 0 Å². The van der Waals surface area contributed by atoms with Crippen molar-refractivity contribution >= 4 is 17.6 Å². The van der Waals surface area contributed by atoms with Gasteiger partial charge in [0.05, 0.1) is 6.10 Å². The molecule has 3 heterocycles. The molecule has 2 fully saturated rings. The summed E-state index contributed by atoms with van der Waals surface area (Å²) in [6.07, 6.45) is 2.82. The van der Waals surface area contributed by atoms with Gasteiger partial charge in [-0.1, -0.05) is 0 Å². The SMILES string of the molecule is CNc1nc(N2CCN(CC3CCCO3)CC2)nc(N)c1C. The zero-order chi connectivity index (χ0) is 15.5. The summed E-state index contributed by atoms with van der Waals surface area (Å²) in [5.74, 6) is 2.09. The molecule has 2 aliphatic heterocycles. The van der Waals surface area contributed by atoms with E-state index in [-0.39, 0.29) is 0 Å². The van der Waals surface area contributed by atoms with Gasteiger partial charge in [-0.3, -0.25) is 4.90 Å². The molecule has 2 aliphatic rings. The maximum Gasteiger partial charge on any atom is 0.229 e. The van der Waals surface area contributed by atoms with Crippen molar-refractivity contribution in [3.05, 3.63) is 5.56 Å². The van der Waals surface area contributed by atoms with Gasteiger partial charge in [-0.25, -0.2) is 0 Å². The fourth-order valence-corrected chi connectivity index (χ4v) is 3.11. The molecule has 0 saturated carbocycles. The number of nitrogens with two attached hydrogens (primary N) is 1. The lowest BCUT2D eigenvalue weighted by Crippen LogP contribution is -2.49. The van der Waals surface area contributed by atoms with Crippen LogP contribution in [0.15, 0.2) is 0 Å². The van der Waals surface area contributed by atoms with Crippen molar-refractivity contribution in [3.63, 3.8) is 0 Å². The Hall–Kier alpha value is -1.60. The number of anilines is 3. The first-order valence-corrected chi connectivity index (χ1v) is 8.08. The minimum atomic E-state index is 0.425. The second-order valence-electron chi connectivity index (χ2n) is 6.06. The molecular formula is C15H26N6O. The molecule has 22 heavy (non-hydrogen) atoms. The van der Waals surface area contributed by atoms with Gasteiger partial charge >= 0.3 is 0 Å². The highest BCUT2D eigenvalue weighted by Gasteiger charge is 2.24. The van der Waals surface area contributed by atoms with Crippen LogP contribution >= 0.6 is 0 Å². The van der Waals surface area contributed by atoms with E-state index in [0.29, 0.717) is 11.9 Å². The van der Waals surface area contributed by atoms with Crippen molar-refractivity contribution in [1.82, 2.24) is 14.9 Å². The van der Waals surface area contributed by atoms with Gasteiger partial charge in [0.15, 0.2) is 0 Å². The van der Waals surface area contributed by atoms with Crippen molar-refractivity contribution in [1.29, 1.82) is 0 Å². The van der Waals surface area contributed by atoms with E-state index in [1.807, 2.05) is 14.0 Å². The number of nitrogens with zero attached hydrogens (tertiary/aromatic N) is 4. The Balaban J connectivity index is 1.60. The van der Waals surface area contributed by atoms with E-state index in [9.17, 15) is 0 Å². The first-order valence-electron chi connectivity index (χ1n) is 8.08. The van der Waals surface area contributed by atoms with E-state index in [1.54, 1.807) is 0 Å². The second-order valence-corrected chi connectivity index (χ2v) is 6.06. The molecule has 3 N–H and O–H groups in total. The predicted octanol–water partition coefficient (Wildman–Crippen LogP) is 0.710. The van der Waals surface area contributed by atoms with Crippen LogP contribution in [0.4, 0.5) is 17.6 Å². The van der Waals surface area contributed by atoms with Crippen molar-refractivity contribution < 1.29 is 4.74 Å². The average Bonchev–Trinajstić information content (AvgIpc) is 3.03. The quantitative estimate of drug-likeness (QED) is 0.848. The molecular weight excluding hydrogens is 280 g/mol. The second kappa shape index (κ2) is 6.66. The third kappa shape index (κ3) is 3.25. The van der Waals surface area contributed by atoms with Crippen LogP contribution < -0.4 is 16.0 Å². The molecule has 0 aromatic carbocycles. The van der Waals surface area contributed by atoms with E-state index in [0.717, 1.165) is 56.7 Å². The topological polar surface area (TPSA) is 79.5 Å². The summed E-state index contributed by atoms with van der Waals surface area (Å²) in [5.41, 5.74) is 6.90. The Morgan fingerprint density at radius 1 is 1.27 bits per heavy atom. The van der Waals surface area contributed by atoms with Gasteiger partial charge in [0, 0.05) is 51.9 Å². The highest BCUT2D eigenvalue weighted by Crippen LogP contribution is 2.22. The smallest absolute Gasteiger partial charge is 0.229 e. The van der Waals surface area contributed by atoms with Crippen molar-refractivity contribution in [2.75, 3.05) is 62.3 Å². The van der Waals surface area contributed by atoms with Crippen LogP contribution in [0.2, 0.25) is 0 Å². The van der Waals surface area contributed by atoms with E-state index in [1.165, 1.54) is 12.8 Å². The monoisotopic (exact) mass is 306 g/mol. The lowest BCUT2D eigenvalue weighted by atomic mass is 10.2. The molecule has 1 unspecified atom stereocenters. The first-order chi connectivity index (χ1) is 10.7. The molecule has 7 nitrogen and oxygen atoms in total. The van der Waals surface area contributed by atoms with Crippen LogP contribution in [0, 0.1) is 6.92 Å². The molecule has 1 aromatic rings. The lowest BCUT2D eigenvalue weighted by Gasteiger charge is -2.35. The lowest BCUT2D eigenvalue weighted by molar-refractivity contribution is 0.0712. The van der Waals surface area contributed by atoms with E-state index in [4.69, 9.17) is 10.5 Å². The molecule has 0 radical (unpaired) electrons. The van der Waals surface area contributed by atoms with Crippen molar-refractivity contribution in [2.24, 2.45) is 0 Å². The zero-order valence-corrected chi connectivity index (χ0v) is 13.5. The zero-order valence-electron chi connectivity index (χ0n) is 13.5. The van der Waals surface area contributed by atoms with E-state index < -0.39 is 0 Å². The summed E-state index contributed by atoms with van der Waals surface area (Å²) in [6, 6.07) is 0. The molecule has 0 amide bonds. The largest absolute Gasteiger partial charge is 0.383 e. The number of hydrogen-bond acceptors (Lipinski definition) is 7. The molecule has 7 heteroatoms. The van der Waals surface area contributed by atoms with Crippen LogP contribution in [-0.2, 0) is 4.74 Å². The molecule has 3 rings (SSSR count). The Bertz CT molecular complexity index is 509. The standard InChI is InChI=1S/C15H26N6O/c1-11-13(16)18-15(19-14(11)17-2)21-7-5-20(6-8-21)10-12-4-3-9-22-12/h12H,3-10H2,1-2H3,(H3,16,17,18,19). The maximum absolute atomic E-state index is 6.00. The first kappa shape index (κ1) is 15.3. The Morgan fingerprint density at radius 3 is 2.68 bits per heavy atom. The highest BCUT2D eigenvalue weighted by molar-refractivity contribution is 5.58. The minimum absolute atomic E-state index is 0.425. The summed E-state index contributed by atoms with van der Waals surface area (Å²) in [7, 11) is 1.86. The highest BCUT2D eigenvalue weighted by atomic mass is 16.5. The van der Waals surface area contributed by atoms with Gasteiger partial charge in [-0.15, -0.1) is 0 Å². The van der Waals surface area contributed by atoms with Gasteiger partial charge < -0.3 is 20.7 Å². The molecule has 0 spiro atoms. The summed E-state index contributed by atoms with van der Waals surface area (Å²) in [4.78, 5) is 13.7. The predicted molar refractivity (Wildman–Crippen MR) is 88.4 cm³/mol. The summed E-state index contributed by atoms with van der Waals surface area (Å²) in [5, 5.41) is 3.09. The number of ether oxygens (including phenoxy) is 1. The van der Waals surface area contributed by atoms with Gasteiger partial charge in [-0.2, -0.15) is 9.97 Å². The number of rotatable bonds is 4. The number of piperazine rings is 1. The fraction of sp³-hybridized carbons (Fsp3) is 0.733. The van der Waals surface area contributed by atoms with E-state index in [2.05, 4.69) is 25.1 Å². The third-order valence-electron chi connectivity index (χ3n) is 4.55. The normalized spacial score (nSPS) is 23.0. The molecule has 1 atom stereocenters. The number of aromatic nitrogens is 2. The number of nitrogens with one attached hydrogen (secondary N) is 1. The summed E-state index contributed by atoms with van der Waals surface area (Å²) < 4.78 is 5.72. The van der Waals surface area contributed by atoms with Crippen LogP contribution in [0.3, 0.4) is 0 Å². The summed E-state index contributed by atoms with van der Waals surface area (Å²) in [6.45, 7) is 7.80. The van der Waals surface area contributed by atoms with Gasteiger partial charge in [-0.05, 0) is 19.8 Å². The average molecular weight is 306 g/mol. The van der Waals surface area contributed by atoms with Crippen LogP contribution in [0.1, 0.15) is 18.4 Å². The van der Waals surface area contributed by atoms with Gasteiger partial charge in [0.25, 0.3) is 0 Å². The van der Waals surface area contributed by atoms with Gasteiger partial charge in [0.2, 0.25) is 5.95 Å². The van der Waals surface area contributed by atoms with Gasteiger partial charge in [0.1, 0.15) is 11.6 Å². The Labute approximate surface area is 131 Å². The molecule has 0 aliphatic carbocycles. The molecule has 1 aromatic heterocycles. The molecule has 0 bridgehead atoms. The van der Waals surface area contributed by atoms with E-state index >= 15 is 0 Å². The van der Waals surface area contributed by atoms with Crippen molar-refractivity contribution in [2.45, 2.75) is 25.9 Å². The third-order valence-corrected chi connectivity index (χ3v) is 4.55. The molecule has 122 valence electrons.